The third kappa shape index (κ3) is 2.46. The van der Waals surface area contributed by atoms with Gasteiger partial charge in [0, 0.05) is 5.03 Å². The smallest absolute Gasteiger partial charge is 0.422 e. The lowest BCUT2D eigenvalue weighted by atomic mass is 10.1. The van der Waals surface area contributed by atoms with Gasteiger partial charge in [-0.15, -0.1) is 11.6 Å². The first-order chi connectivity index (χ1) is 8.87. The second-order valence-electron chi connectivity index (χ2n) is 4.24. The van der Waals surface area contributed by atoms with Crippen molar-refractivity contribution in [3.8, 4) is 0 Å². The van der Waals surface area contributed by atoms with Gasteiger partial charge >= 0.3 is 6.09 Å². The zero-order valence-electron chi connectivity index (χ0n) is 10.1. The molecule has 2 rings (SSSR count). The van der Waals surface area contributed by atoms with E-state index in [4.69, 9.17) is 27.9 Å². The molecule has 0 radical (unpaired) electrons. The van der Waals surface area contributed by atoms with Crippen molar-refractivity contribution in [1.82, 2.24) is 4.90 Å². The van der Waals surface area contributed by atoms with Crippen LogP contribution in [0, 0.1) is 0 Å². The lowest BCUT2D eigenvalue weighted by molar-refractivity contribution is -0.131. The first kappa shape index (κ1) is 13.9. The standard InChI is InChI=1S/C13H11Cl2NO3/c1-3-13(2)11(17)16(12(18)19-13)10-6-8(14)4-5-9(15)7-10/h3-8H,1H2,2H3. The van der Waals surface area contributed by atoms with E-state index in [-0.39, 0.29) is 5.70 Å². The molecule has 1 fully saturated rings. The molecule has 0 spiro atoms. The van der Waals surface area contributed by atoms with E-state index < -0.39 is 23.0 Å². The van der Waals surface area contributed by atoms with Gasteiger partial charge in [0.05, 0.1) is 11.1 Å². The van der Waals surface area contributed by atoms with Gasteiger partial charge in [-0.1, -0.05) is 24.3 Å². The summed E-state index contributed by atoms with van der Waals surface area (Å²) >= 11 is 11.9. The quantitative estimate of drug-likeness (QED) is 0.581. The van der Waals surface area contributed by atoms with Crippen molar-refractivity contribution >= 4 is 35.2 Å². The highest BCUT2D eigenvalue weighted by Crippen LogP contribution is 2.31. The van der Waals surface area contributed by atoms with E-state index in [0.29, 0.717) is 5.03 Å². The topological polar surface area (TPSA) is 46.6 Å². The Balaban J connectivity index is 2.42. The molecule has 1 saturated heterocycles. The molecule has 6 heteroatoms. The lowest BCUT2D eigenvalue weighted by Crippen LogP contribution is -2.36. The maximum atomic E-state index is 12.2. The zero-order valence-corrected chi connectivity index (χ0v) is 11.6. The maximum Gasteiger partial charge on any atom is 0.422 e. The van der Waals surface area contributed by atoms with Crippen LogP contribution in [-0.4, -0.2) is 27.9 Å². The molecule has 2 unspecified atom stereocenters. The van der Waals surface area contributed by atoms with E-state index in [1.165, 1.54) is 19.1 Å². The fraction of sp³-hybridized carbons (Fsp3) is 0.231. The summed E-state index contributed by atoms with van der Waals surface area (Å²) in [6.45, 7) is 4.97. The highest BCUT2D eigenvalue weighted by Gasteiger charge is 2.49. The second-order valence-corrected chi connectivity index (χ2v) is 5.18. The van der Waals surface area contributed by atoms with Gasteiger partial charge in [0.15, 0.2) is 0 Å². The Kier molecular flexibility index (Phi) is 3.56. The number of allylic oxidation sites excluding steroid dienone is 5. The Labute approximate surface area is 120 Å². The fourth-order valence-corrected chi connectivity index (χ4v) is 2.09. The molecule has 19 heavy (non-hydrogen) atoms. The van der Waals surface area contributed by atoms with Gasteiger partial charge in [0.25, 0.3) is 5.91 Å². The van der Waals surface area contributed by atoms with Gasteiger partial charge in [-0.3, -0.25) is 4.79 Å². The van der Waals surface area contributed by atoms with Gasteiger partial charge in [-0.2, -0.15) is 0 Å². The first-order valence-corrected chi connectivity index (χ1v) is 6.31. The summed E-state index contributed by atoms with van der Waals surface area (Å²) in [6, 6.07) is 0. The summed E-state index contributed by atoms with van der Waals surface area (Å²) in [4.78, 5) is 25.0. The minimum atomic E-state index is -1.36. The van der Waals surface area contributed by atoms with E-state index in [1.54, 1.807) is 18.2 Å². The Morgan fingerprint density at radius 2 is 2.21 bits per heavy atom. The molecule has 2 atom stereocenters. The van der Waals surface area contributed by atoms with Crippen molar-refractivity contribution in [2.24, 2.45) is 0 Å². The van der Waals surface area contributed by atoms with Crippen LogP contribution in [0.2, 0.25) is 0 Å². The van der Waals surface area contributed by atoms with E-state index in [1.807, 2.05) is 0 Å². The van der Waals surface area contributed by atoms with Crippen molar-refractivity contribution in [1.29, 1.82) is 0 Å². The van der Waals surface area contributed by atoms with Crippen LogP contribution < -0.4 is 0 Å². The molecular weight excluding hydrogens is 289 g/mol. The molecule has 1 aliphatic carbocycles. The SMILES string of the molecule is C=CC1(C)OC(=O)N(C2=CC(Cl)C=CC(Cl)=C2)C1=O. The number of alkyl halides is 1. The number of carbonyl (C=O) groups is 2. The third-order valence-electron chi connectivity index (χ3n) is 2.81. The summed E-state index contributed by atoms with van der Waals surface area (Å²) in [5.41, 5.74) is -1.07. The van der Waals surface area contributed by atoms with Gasteiger partial charge < -0.3 is 4.74 Å². The normalized spacial score (nSPS) is 30.7. The molecule has 2 amide bonds. The summed E-state index contributed by atoms with van der Waals surface area (Å²) in [6.07, 6.45) is 6.78. The van der Waals surface area contributed by atoms with Crippen molar-refractivity contribution in [2.75, 3.05) is 0 Å². The van der Waals surface area contributed by atoms with E-state index in [2.05, 4.69) is 6.58 Å². The Bertz CT molecular complexity index is 550. The number of cyclic esters (lactones) is 1. The molecule has 1 heterocycles. The van der Waals surface area contributed by atoms with Gasteiger partial charge in [0.2, 0.25) is 5.60 Å². The Morgan fingerprint density at radius 3 is 2.79 bits per heavy atom. The number of carbonyl (C=O) groups excluding carboxylic acids is 2. The average Bonchev–Trinajstić information content (AvgIpc) is 2.47. The number of rotatable bonds is 2. The van der Waals surface area contributed by atoms with Gasteiger partial charge in [0.1, 0.15) is 0 Å². The monoisotopic (exact) mass is 299 g/mol. The second kappa shape index (κ2) is 4.87. The number of ether oxygens (including phenoxy) is 1. The summed E-state index contributed by atoms with van der Waals surface area (Å²) in [7, 11) is 0. The van der Waals surface area contributed by atoms with Crippen molar-refractivity contribution < 1.29 is 14.3 Å². The largest absolute Gasteiger partial charge is 0.428 e. The minimum absolute atomic E-state index is 0.288. The Morgan fingerprint density at radius 1 is 1.53 bits per heavy atom. The molecule has 100 valence electrons. The predicted molar refractivity (Wildman–Crippen MR) is 72.7 cm³/mol. The molecule has 0 N–H and O–H groups in total. The summed E-state index contributed by atoms with van der Waals surface area (Å²) in [5, 5.41) is -0.110. The number of imide groups is 1. The zero-order chi connectivity index (χ0) is 14.2. The molecular formula is C13H11Cl2NO3. The number of amides is 2. The van der Waals surface area contributed by atoms with Crippen LogP contribution in [0.1, 0.15) is 6.92 Å². The van der Waals surface area contributed by atoms with Gasteiger partial charge in [-0.25, -0.2) is 9.69 Å². The number of hydrogen-bond acceptors (Lipinski definition) is 3. The fourth-order valence-electron chi connectivity index (χ4n) is 1.71. The number of hydrogen-bond donors (Lipinski definition) is 0. The van der Waals surface area contributed by atoms with Crippen molar-refractivity contribution in [3.63, 3.8) is 0 Å². The molecule has 0 aromatic carbocycles. The highest BCUT2D eigenvalue weighted by atomic mass is 35.5. The highest BCUT2D eigenvalue weighted by molar-refractivity contribution is 6.32. The van der Waals surface area contributed by atoms with E-state index in [9.17, 15) is 9.59 Å². The summed E-state index contributed by atoms with van der Waals surface area (Å²) in [5.74, 6) is -0.523. The molecule has 2 aliphatic rings. The number of halogens is 2. The molecule has 0 bridgehead atoms. The molecule has 0 saturated carbocycles. The van der Waals surface area contributed by atoms with Crippen molar-refractivity contribution in [3.05, 3.63) is 47.7 Å². The summed E-state index contributed by atoms with van der Waals surface area (Å²) < 4.78 is 5.03. The molecule has 0 aromatic rings. The van der Waals surface area contributed by atoms with Gasteiger partial charge in [-0.05, 0) is 31.2 Å². The Hall–Kier alpha value is -1.52. The van der Waals surface area contributed by atoms with E-state index >= 15 is 0 Å². The van der Waals surface area contributed by atoms with Crippen LogP contribution in [0.15, 0.2) is 47.7 Å². The van der Waals surface area contributed by atoms with Crippen LogP contribution in [0.4, 0.5) is 4.79 Å². The average molecular weight is 300 g/mol. The third-order valence-corrected chi connectivity index (χ3v) is 3.32. The predicted octanol–water partition coefficient (Wildman–Crippen LogP) is 3.09. The molecule has 4 nitrogen and oxygen atoms in total. The minimum Gasteiger partial charge on any atom is -0.428 e. The van der Waals surface area contributed by atoms with E-state index in [0.717, 1.165) is 4.90 Å². The van der Waals surface area contributed by atoms with Crippen LogP contribution >= 0.6 is 23.2 Å². The van der Waals surface area contributed by atoms with Crippen LogP contribution in [0.5, 0.6) is 0 Å². The molecule has 0 aromatic heterocycles. The van der Waals surface area contributed by atoms with Crippen LogP contribution in [-0.2, 0) is 9.53 Å². The number of nitrogens with zero attached hydrogens (tertiary/aromatic N) is 1. The first-order valence-electron chi connectivity index (χ1n) is 5.50. The van der Waals surface area contributed by atoms with Crippen molar-refractivity contribution in [2.45, 2.75) is 17.9 Å². The van der Waals surface area contributed by atoms with Crippen LogP contribution in [0.3, 0.4) is 0 Å². The lowest BCUT2D eigenvalue weighted by Gasteiger charge is -2.15. The molecule has 1 aliphatic heterocycles. The maximum absolute atomic E-state index is 12.2. The van der Waals surface area contributed by atoms with Crippen LogP contribution in [0.25, 0.3) is 0 Å².